The Labute approximate surface area is 120 Å². The van der Waals surface area contributed by atoms with E-state index in [9.17, 15) is 13.2 Å². The van der Waals surface area contributed by atoms with Crippen LogP contribution in [0.25, 0.3) is 0 Å². The summed E-state index contributed by atoms with van der Waals surface area (Å²) >= 11 is 0. The Kier molecular flexibility index (Phi) is 4.94. The number of hydrogen-bond donors (Lipinski definition) is 2. The van der Waals surface area contributed by atoms with Crippen molar-refractivity contribution in [3.05, 3.63) is 24.3 Å². The van der Waals surface area contributed by atoms with Gasteiger partial charge < -0.3 is 11.1 Å². The first kappa shape index (κ1) is 16.7. The van der Waals surface area contributed by atoms with Gasteiger partial charge in [0.25, 0.3) is 0 Å². The highest BCUT2D eigenvalue weighted by Gasteiger charge is 2.28. The number of nitrogens with one attached hydrogen (secondary N) is 1. The standard InChI is InChI=1S/C14H22N2O3S/c1-5-20(18,19)11-9-7-6-8-10(11)16-13(17)12(15)14(2,3)4/h6-9,12H,5,15H2,1-4H3,(H,16,17)/t12-/m0/s1. The van der Waals surface area contributed by atoms with Crippen molar-refractivity contribution in [3.8, 4) is 0 Å². The first-order valence-electron chi connectivity index (χ1n) is 6.48. The Hall–Kier alpha value is -1.40. The number of para-hydroxylation sites is 1. The van der Waals surface area contributed by atoms with Crippen LogP contribution in [0.15, 0.2) is 29.2 Å². The second-order valence-electron chi connectivity index (χ2n) is 5.73. The molecule has 6 heteroatoms. The molecule has 1 rings (SSSR count). The predicted molar refractivity (Wildman–Crippen MR) is 80.2 cm³/mol. The third-order valence-corrected chi connectivity index (χ3v) is 4.86. The zero-order valence-corrected chi connectivity index (χ0v) is 13.1. The Balaban J connectivity index is 3.09. The number of anilines is 1. The molecule has 1 atom stereocenters. The Morgan fingerprint density at radius 3 is 2.35 bits per heavy atom. The third-order valence-electron chi connectivity index (χ3n) is 3.08. The lowest BCUT2D eigenvalue weighted by Crippen LogP contribution is -2.45. The van der Waals surface area contributed by atoms with Gasteiger partial charge in [0.05, 0.1) is 22.4 Å². The van der Waals surface area contributed by atoms with E-state index in [1.807, 2.05) is 20.8 Å². The number of carbonyl (C=O) groups excluding carboxylic acids is 1. The van der Waals surface area contributed by atoms with E-state index in [0.29, 0.717) is 0 Å². The molecule has 5 nitrogen and oxygen atoms in total. The third kappa shape index (κ3) is 3.80. The van der Waals surface area contributed by atoms with E-state index < -0.39 is 27.2 Å². The Bertz CT molecular complexity index is 589. The highest BCUT2D eigenvalue weighted by Crippen LogP contribution is 2.24. The van der Waals surface area contributed by atoms with E-state index >= 15 is 0 Å². The van der Waals surface area contributed by atoms with Crippen LogP contribution in [-0.4, -0.2) is 26.1 Å². The van der Waals surface area contributed by atoms with E-state index in [4.69, 9.17) is 5.73 Å². The maximum atomic E-state index is 12.1. The van der Waals surface area contributed by atoms with Crippen LogP contribution in [0.5, 0.6) is 0 Å². The van der Waals surface area contributed by atoms with Crippen LogP contribution in [0.4, 0.5) is 5.69 Å². The van der Waals surface area contributed by atoms with E-state index in [2.05, 4.69) is 5.32 Å². The molecule has 0 fully saturated rings. The topological polar surface area (TPSA) is 89.3 Å². The molecule has 1 aromatic rings. The average molecular weight is 298 g/mol. The second kappa shape index (κ2) is 5.93. The summed E-state index contributed by atoms with van der Waals surface area (Å²) in [5.41, 5.74) is 5.75. The summed E-state index contributed by atoms with van der Waals surface area (Å²) in [7, 11) is -3.39. The molecule has 0 spiro atoms. The second-order valence-corrected chi connectivity index (χ2v) is 7.98. The van der Waals surface area contributed by atoms with Crippen LogP contribution in [0.3, 0.4) is 0 Å². The van der Waals surface area contributed by atoms with Crippen molar-refractivity contribution in [1.82, 2.24) is 0 Å². The van der Waals surface area contributed by atoms with Gasteiger partial charge in [-0.25, -0.2) is 8.42 Å². The molecule has 0 aliphatic rings. The average Bonchev–Trinajstić information content (AvgIpc) is 2.37. The predicted octanol–water partition coefficient (Wildman–Crippen LogP) is 1.79. The van der Waals surface area contributed by atoms with Gasteiger partial charge >= 0.3 is 0 Å². The number of amides is 1. The largest absolute Gasteiger partial charge is 0.324 e. The van der Waals surface area contributed by atoms with Crippen molar-refractivity contribution in [3.63, 3.8) is 0 Å². The molecule has 0 unspecified atom stereocenters. The first-order valence-corrected chi connectivity index (χ1v) is 8.13. The van der Waals surface area contributed by atoms with Crippen LogP contribution in [0.1, 0.15) is 27.7 Å². The molecule has 0 radical (unpaired) electrons. The molecule has 1 amide bonds. The lowest BCUT2D eigenvalue weighted by molar-refractivity contribution is -0.119. The number of hydrogen-bond acceptors (Lipinski definition) is 4. The summed E-state index contributed by atoms with van der Waals surface area (Å²) in [5.74, 6) is -0.415. The van der Waals surface area contributed by atoms with Crippen LogP contribution in [-0.2, 0) is 14.6 Å². The smallest absolute Gasteiger partial charge is 0.241 e. The van der Waals surface area contributed by atoms with Crippen LogP contribution >= 0.6 is 0 Å². The van der Waals surface area contributed by atoms with Crippen LogP contribution < -0.4 is 11.1 Å². The minimum absolute atomic E-state index is 0.0226. The van der Waals surface area contributed by atoms with Gasteiger partial charge in [0.15, 0.2) is 9.84 Å². The molecule has 20 heavy (non-hydrogen) atoms. The van der Waals surface area contributed by atoms with Crippen molar-refractivity contribution < 1.29 is 13.2 Å². The zero-order valence-electron chi connectivity index (χ0n) is 12.3. The molecular formula is C14H22N2O3S. The number of sulfone groups is 1. The van der Waals surface area contributed by atoms with Gasteiger partial charge in [-0.15, -0.1) is 0 Å². The van der Waals surface area contributed by atoms with Gasteiger partial charge in [0.2, 0.25) is 5.91 Å². The lowest BCUT2D eigenvalue weighted by Gasteiger charge is -2.26. The van der Waals surface area contributed by atoms with E-state index in [1.54, 1.807) is 25.1 Å². The molecule has 0 saturated carbocycles. The normalized spacial score (nSPS) is 13.8. The lowest BCUT2D eigenvalue weighted by atomic mass is 9.87. The quantitative estimate of drug-likeness (QED) is 0.887. The number of benzene rings is 1. The SMILES string of the molecule is CCS(=O)(=O)c1ccccc1NC(=O)[C@H](N)C(C)(C)C. The van der Waals surface area contributed by atoms with Crippen molar-refractivity contribution in [2.24, 2.45) is 11.1 Å². The maximum Gasteiger partial charge on any atom is 0.241 e. The molecule has 0 bridgehead atoms. The summed E-state index contributed by atoms with van der Waals surface area (Å²) in [4.78, 5) is 12.2. The summed E-state index contributed by atoms with van der Waals surface area (Å²) in [6.07, 6.45) is 0. The summed E-state index contributed by atoms with van der Waals surface area (Å²) < 4.78 is 24.0. The zero-order chi connectivity index (χ0) is 15.6. The fourth-order valence-corrected chi connectivity index (χ4v) is 2.65. The molecular weight excluding hydrogens is 276 g/mol. The van der Waals surface area contributed by atoms with Gasteiger partial charge in [-0.3, -0.25) is 4.79 Å². The fraction of sp³-hybridized carbons (Fsp3) is 0.500. The minimum Gasteiger partial charge on any atom is -0.324 e. The fourth-order valence-electron chi connectivity index (χ4n) is 1.60. The van der Waals surface area contributed by atoms with Crippen molar-refractivity contribution >= 4 is 21.4 Å². The highest BCUT2D eigenvalue weighted by atomic mass is 32.2. The van der Waals surface area contributed by atoms with Gasteiger partial charge in [0, 0.05) is 0 Å². The molecule has 112 valence electrons. The molecule has 0 saturated heterocycles. The molecule has 0 aliphatic heterocycles. The molecule has 0 aromatic heterocycles. The molecule has 1 aromatic carbocycles. The molecule has 0 heterocycles. The minimum atomic E-state index is -3.39. The monoisotopic (exact) mass is 298 g/mol. The van der Waals surface area contributed by atoms with Crippen molar-refractivity contribution in [2.75, 3.05) is 11.1 Å². The van der Waals surface area contributed by atoms with Gasteiger partial charge in [0.1, 0.15) is 0 Å². The molecule has 0 aliphatic carbocycles. The van der Waals surface area contributed by atoms with Gasteiger partial charge in [-0.2, -0.15) is 0 Å². The molecule has 3 N–H and O–H groups in total. The van der Waals surface area contributed by atoms with E-state index in [0.717, 1.165) is 0 Å². The number of nitrogens with two attached hydrogens (primary N) is 1. The van der Waals surface area contributed by atoms with Crippen molar-refractivity contribution in [2.45, 2.75) is 38.6 Å². The first-order chi connectivity index (χ1) is 9.09. The van der Waals surface area contributed by atoms with E-state index in [1.165, 1.54) is 6.07 Å². The van der Waals surface area contributed by atoms with Crippen LogP contribution in [0.2, 0.25) is 0 Å². The summed E-state index contributed by atoms with van der Waals surface area (Å²) in [5, 5.41) is 2.61. The van der Waals surface area contributed by atoms with Crippen LogP contribution in [0, 0.1) is 5.41 Å². The van der Waals surface area contributed by atoms with Crippen molar-refractivity contribution in [1.29, 1.82) is 0 Å². The van der Waals surface area contributed by atoms with Gasteiger partial charge in [-0.1, -0.05) is 39.8 Å². The summed E-state index contributed by atoms with van der Waals surface area (Å²) in [6, 6.07) is 5.63. The maximum absolute atomic E-state index is 12.1. The highest BCUT2D eigenvalue weighted by molar-refractivity contribution is 7.91. The Morgan fingerprint density at radius 2 is 1.85 bits per heavy atom. The Morgan fingerprint density at radius 1 is 1.30 bits per heavy atom. The number of rotatable bonds is 4. The summed E-state index contributed by atoms with van der Waals surface area (Å²) in [6.45, 7) is 7.12. The van der Waals surface area contributed by atoms with Gasteiger partial charge in [-0.05, 0) is 17.5 Å². The van der Waals surface area contributed by atoms with E-state index in [-0.39, 0.29) is 16.3 Å². The number of carbonyl (C=O) groups is 1.